The zero-order chi connectivity index (χ0) is 20.4. The van der Waals surface area contributed by atoms with E-state index in [1.807, 2.05) is 67.5 Å². The molecule has 0 bridgehead atoms. The lowest BCUT2D eigenvalue weighted by atomic mass is 9.92. The maximum atomic E-state index is 12.7. The van der Waals surface area contributed by atoms with E-state index in [1.54, 1.807) is 26.0 Å². The highest BCUT2D eigenvalue weighted by Gasteiger charge is 2.33. The molecule has 0 heterocycles. The normalized spacial score (nSPS) is 13.8. The fraction of sp³-hybridized carbons (Fsp3) is 0.667. The van der Waals surface area contributed by atoms with E-state index in [0.29, 0.717) is 5.56 Å². The summed E-state index contributed by atoms with van der Waals surface area (Å²) in [6.45, 7) is 18.6. The number of carbonyl (C=O) groups is 1. The molecule has 0 saturated heterocycles. The third kappa shape index (κ3) is 7.16. The molecule has 0 unspecified atom stereocenters. The van der Waals surface area contributed by atoms with E-state index < -0.39 is 22.4 Å². The van der Waals surface area contributed by atoms with Crippen molar-refractivity contribution in [2.45, 2.75) is 91.6 Å². The van der Waals surface area contributed by atoms with Crippen LogP contribution in [0, 0.1) is 0 Å². The van der Waals surface area contributed by atoms with Gasteiger partial charge in [0.25, 0.3) is 0 Å². The molecule has 0 fully saturated rings. The van der Waals surface area contributed by atoms with Crippen molar-refractivity contribution in [2.24, 2.45) is 0 Å². The molecule has 0 aliphatic heterocycles. The molecular weight excluding hydrogens is 332 g/mol. The maximum Gasteiger partial charge on any atom is 0.197 e. The summed E-state index contributed by atoms with van der Waals surface area (Å²) in [5, 5.41) is 0. The van der Waals surface area contributed by atoms with E-state index in [0.717, 1.165) is 5.56 Å². The summed E-state index contributed by atoms with van der Waals surface area (Å²) in [6, 6.07) is 7.25. The Morgan fingerprint density at radius 1 is 0.654 bits per heavy atom. The SMILES string of the molecule is CC(C)(C)OOC(C)(C)C(=O)c1ccc(C(C)(C)OOC(C)(C)C)cc1. The second-order valence-electron chi connectivity index (χ2n) is 9.49. The van der Waals surface area contributed by atoms with Crippen LogP contribution in [0.4, 0.5) is 0 Å². The van der Waals surface area contributed by atoms with Gasteiger partial charge in [0.2, 0.25) is 0 Å². The lowest BCUT2D eigenvalue weighted by Crippen LogP contribution is -2.38. The molecule has 0 saturated carbocycles. The second kappa shape index (κ2) is 7.77. The largest absolute Gasteiger partial charge is 0.291 e. The molecule has 0 amide bonds. The van der Waals surface area contributed by atoms with Crippen molar-refractivity contribution in [3.63, 3.8) is 0 Å². The minimum absolute atomic E-state index is 0.155. The molecule has 0 aromatic heterocycles. The van der Waals surface area contributed by atoms with Gasteiger partial charge < -0.3 is 0 Å². The fourth-order valence-electron chi connectivity index (χ4n) is 1.91. The molecule has 26 heavy (non-hydrogen) atoms. The predicted octanol–water partition coefficient (Wildman–Crippen LogP) is 5.38. The van der Waals surface area contributed by atoms with Crippen molar-refractivity contribution in [3.8, 4) is 0 Å². The second-order valence-corrected chi connectivity index (χ2v) is 9.49. The third-order valence-electron chi connectivity index (χ3n) is 3.39. The monoisotopic (exact) mass is 366 g/mol. The number of hydrogen-bond donors (Lipinski definition) is 0. The number of carbonyl (C=O) groups excluding carboxylic acids is 1. The van der Waals surface area contributed by atoms with Gasteiger partial charge in [0.1, 0.15) is 5.60 Å². The Labute approximate surface area is 157 Å². The van der Waals surface area contributed by atoms with Crippen LogP contribution in [-0.4, -0.2) is 22.6 Å². The summed E-state index contributed by atoms with van der Waals surface area (Å²) in [5.74, 6) is -0.155. The van der Waals surface area contributed by atoms with Crippen molar-refractivity contribution in [2.75, 3.05) is 0 Å². The Kier molecular flexibility index (Phi) is 6.80. The molecule has 148 valence electrons. The van der Waals surface area contributed by atoms with E-state index >= 15 is 0 Å². The van der Waals surface area contributed by atoms with Gasteiger partial charge in [0, 0.05) is 5.56 Å². The van der Waals surface area contributed by atoms with Crippen molar-refractivity contribution in [1.29, 1.82) is 0 Å². The summed E-state index contributed by atoms with van der Waals surface area (Å²) in [5.41, 5.74) is -1.17. The van der Waals surface area contributed by atoms with Crippen LogP contribution in [0.3, 0.4) is 0 Å². The van der Waals surface area contributed by atoms with Crippen LogP contribution < -0.4 is 0 Å². The van der Waals surface area contributed by atoms with Crippen molar-refractivity contribution < 1.29 is 24.3 Å². The molecule has 0 N–H and O–H groups in total. The summed E-state index contributed by atoms with van der Waals surface area (Å²) in [4.78, 5) is 34.5. The molecule has 5 heteroatoms. The van der Waals surface area contributed by atoms with Gasteiger partial charge >= 0.3 is 0 Å². The first kappa shape index (κ1) is 22.8. The van der Waals surface area contributed by atoms with E-state index in [-0.39, 0.29) is 5.78 Å². The van der Waals surface area contributed by atoms with E-state index in [1.165, 1.54) is 0 Å². The van der Waals surface area contributed by atoms with Crippen LogP contribution in [0.5, 0.6) is 0 Å². The van der Waals surface area contributed by atoms with Gasteiger partial charge in [0.15, 0.2) is 11.4 Å². The van der Waals surface area contributed by atoms with Crippen LogP contribution in [0.25, 0.3) is 0 Å². The Balaban J connectivity index is 2.87. The summed E-state index contributed by atoms with van der Waals surface area (Å²) in [7, 11) is 0. The fourth-order valence-corrected chi connectivity index (χ4v) is 1.91. The first-order valence-electron chi connectivity index (χ1n) is 8.93. The topological polar surface area (TPSA) is 54.0 Å². The van der Waals surface area contributed by atoms with Gasteiger partial charge in [-0.05, 0) is 74.8 Å². The summed E-state index contributed by atoms with van der Waals surface area (Å²) in [6.07, 6.45) is 0. The highest BCUT2D eigenvalue weighted by Crippen LogP contribution is 2.28. The molecule has 1 aromatic rings. The Bertz CT molecular complexity index is 601. The zero-order valence-corrected chi connectivity index (χ0v) is 17.9. The maximum absolute atomic E-state index is 12.7. The molecule has 5 nitrogen and oxygen atoms in total. The smallest absolute Gasteiger partial charge is 0.197 e. The number of rotatable bonds is 7. The van der Waals surface area contributed by atoms with Gasteiger partial charge in [-0.3, -0.25) is 4.79 Å². The van der Waals surface area contributed by atoms with Crippen molar-refractivity contribution >= 4 is 5.78 Å². The van der Waals surface area contributed by atoms with Gasteiger partial charge in [-0.15, -0.1) is 0 Å². The molecule has 0 radical (unpaired) electrons. The third-order valence-corrected chi connectivity index (χ3v) is 3.39. The minimum Gasteiger partial charge on any atom is -0.291 e. The first-order valence-corrected chi connectivity index (χ1v) is 8.93. The van der Waals surface area contributed by atoms with Gasteiger partial charge in [0.05, 0.1) is 11.2 Å². The summed E-state index contributed by atoms with van der Waals surface area (Å²) < 4.78 is 0. The van der Waals surface area contributed by atoms with Crippen LogP contribution >= 0.6 is 0 Å². The minimum atomic E-state index is -1.09. The van der Waals surface area contributed by atoms with Crippen LogP contribution in [-0.2, 0) is 25.2 Å². The molecule has 0 aliphatic rings. The lowest BCUT2D eigenvalue weighted by Gasteiger charge is -2.29. The van der Waals surface area contributed by atoms with Crippen molar-refractivity contribution in [1.82, 2.24) is 0 Å². The van der Waals surface area contributed by atoms with Gasteiger partial charge in [-0.1, -0.05) is 24.3 Å². The zero-order valence-electron chi connectivity index (χ0n) is 17.9. The number of ketones is 1. The highest BCUT2D eigenvalue weighted by molar-refractivity contribution is 6.01. The molecule has 1 rings (SSSR count). The average molecular weight is 366 g/mol. The van der Waals surface area contributed by atoms with Crippen molar-refractivity contribution in [3.05, 3.63) is 35.4 Å². The summed E-state index contributed by atoms with van der Waals surface area (Å²) >= 11 is 0. The Hall–Kier alpha value is -1.27. The molecule has 0 atom stereocenters. The van der Waals surface area contributed by atoms with Gasteiger partial charge in [-0.2, -0.15) is 0 Å². The van der Waals surface area contributed by atoms with E-state index in [2.05, 4.69) is 0 Å². The highest BCUT2D eigenvalue weighted by atomic mass is 17.2. The number of hydrogen-bond acceptors (Lipinski definition) is 5. The molecular formula is C21H34O5. The van der Waals surface area contributed by atoms with Crippen LogP contribution in [0.15, 0.2) is 24.3 Å². The number of Topliss-reactive ketones (excluding diaryl/α,β-unsaturated/α-hetero) is 1. The lowest BCUT2D eigenvalue weighted by molar-refractivity contribution is -0.401. The molecule has 1 aromatic carbocycles. The first-order chi connectivity index (χ1) is 11.5. The van der Waals surface area contributed by atoms with Crippen LogP contribution in [0.1, 0.15) is 85.2 Å². The number of benzene rings is 1. The molecule has 0 aliphatic carbocycles. The average Bonchev–Trinajstić information content (AvgIpc) is 2.49. The van der Waals surface area contributed by atoms with E-state index in [4.69, 9.17) is 19.6 Å². The van der Waals surface area contributed by atoms with Gasteiger partial charge in [-0.25, -0.2) is 19.6 Å². The van der Waals surface area contributed by atoms with E-state index in [9.17, 15) is 4.79 Å². The predicted molar refractivity (Wildman–Crippen MR) is 102 cm³/mol. The molecule has 0 spiro atoms. The Morgan fingerprint density at radius 2 is 1.08 bits per heavy atom. The standard InChI is InChI=1S/C21H34O5/c1-18(2,3)23-25-20(7,8)16-13-11-15(12-14-16)17(22)21(9,10)26-24-19(4,5)6/h11-14H,1-10H3. The van der Waals surface area contributed by atoms with Crippen LogP contribution in [0.2, 0.25) is 0 Å². The Morgan fingerprint density at radius 3 is 1.50 bits per heavy atom. The quantitative estimate of drug-likeness (QED) is 0.368.